The monoisotopic (exact) mass is 526 g/mol. The molecule has 2 aromatic carbocycles. The molecule has 0 unspecified atom stereocenters. The zero-order valence-electron chi connectivity index (χ0n) is 20.1. The highest BCUT2D eigenvalue weighted by molar-refractivity contribution is 6.33. The average molecular weight is 527 g/mol. The fourth-order valence-corrected chi connectivity index (χ4v) is 6.53. The third-order valence-corrected chi connectivity index (χ3v) is 8.56. The SMILES string of the molecule is Clc1cc2c(cc1N1CCOCC1)=NC1(CCC3(CC1)N=c1cc(Cl)c(N4CCOCC4)cc1=N3)N=2. The van der Waals surface area contributed by atoms with Crippen LogP contribution in [0.2, 0.25) is 10.0 Å². The molecule has 1 saturated carbocycles. The minimum absolute atomic E-state index is 0.447. The summed E-state index contributed by atoms with van der Waals surface area (Å²) in [6.07, 6.45) is 3.21. The number of anilines is 2. The first-order valence-electron chi connectivity index (χ1n) is 12.8. The Labute approximate surface area is 219 Å². The van der Waals surface area contributed by atoms with E-state index in [0.29, 0.717) is 0 Å². The minimum atomic E-state index is -0.447. The number of halogens is 2. The smallest absolute Gasteiger partial charge is 0.151 e. The van der Waals surface area contributed by atoms with Gasteiger partial charge in [0.25, 0.3) is 0 Å². The lowest BCUT2D eigenvalue weighted by atomic mass is 9.83. The standard InChI is InChI=1S/C26H28Cl2N6O2/c27-17-13-19-21(15-23(17)33-5-9-35-10-6-33)31-25(29-19)1-2-26(4-3-25)30-20-14-18(28)24(16-22(20)32-26)34-7-11-36-12-8-34/h13-16H,1-12H2. The van der Waals surface area contributed by atoms with Gasteiger partial charge in [-0.05, 0) is 49.9 Å². The summed E-state index contributed by atoms with van der Waals surface area (Å²) in [6.45, 7) is 6.22. The number of benzene rings is 2. The van der Waals surface area contributed by atoms with Crippen LogP contribution in [0.3, 0.4) is 0 Å². The third kappa shape index (κ3) is 3.90. The van der Waals surface area contributed by atoms with Crippen molar-refractivity contribution in [2.75, 3.05) is 62.4 Å². The first kappa shape index (κ1) is 22.9. The molecule has 0 atom stereocenters. The summed E-state index contributed by atoms with van der Waals surface area (Å²) in [5.41, 5.74) is 1.14. The van der Waals surface area contributed by atoms with Crippen LogP contribution in [-0.4, -0.2) is 63.9 Å². The van der Waals surface area contributed by atoms with Gasteiger partial charge in [-0.3, -0.25) is 20.0 Å². The van der Waals surface area contributed by atoms with E-state index in [1.807, 2.05) is 12.1 Å². The van der Waals surface area contributed by atoms with Gasteiger partial charge >= 0.3 is 0 Å². The van der Waals surface area contributed by atoms with Gasteiger partial charge in [-0.1, -0.05) is 23.2 Å². The largest absolute Gasteiger partial charge is 0.378 e. The molecule has 36 heavy (non-hydrogen) atoms. The first-order valence-corrected chi connectivity index (χ1v) is 13.5. The highest BCUT2D eigenvalue weighted by atomic mass is 35.5. The fraction of sp³-hybridized carbons (Fsp3) is 0.538. The van der Waals surface area contributed by atoms with E-state index in [1.165, 1.54) is 0 Å². The molecule has 0 bridgehead atoms. The van der Waals surface area contributed by atoms with Gasteiger partial charge in [0.1, 0.15) is 0 Å². The van der Waals surface area contributed by atoms with Gasteiger partial charge in [0.2, 0.25) is 0 Å². The third-order valence-electron chi connectivity index (χ3n) is 7.96. The molecule has 0 aromatic heterocycles. The van der Waals surface area contributed by atoms with Crippen LogP contribution in [-0.2, 0) is 9.47 Å². The van der Waals surface area contributed by atoms with Crippen LogP contribution < -0.4 is 31.2 Å². The molecule has 2 spiro atoms. The van der Waals surface area contributed by atoms with Crippen molar-refractivity contribution in [3.63, 3.8) is 0 Å². The summed E-state index contributed by atoms with van der Waals surface area (Å²) in [5, 5.41) is 5.09. The molecule has 4 heterocycles. The predicted molar refractivity (Wildman–Crippen MR) is 138 cm³/mol. The van der Waals surface area contributed by atoms with Crippen molar-refractivity contribution < 1.29 is 9.47 Å². The van der Waals surface area contributed by atoms with E-state index in [2.05, 4.69) is 21.9 Å². The maximum Gasteiger partial charge on any atom is 0.151 e. The summed E-state index contributed by atoms with van der Waals surface area (Å²) in [6, 6.07) is 8.14. The summed E-state index contributed by atoms with van der Waals surface area (Å²) in [4.78, 5) is 24.9. The van der Waals surface area contributed by atoms with E-state index in [1.54, 1.807) is 0 Å². The van der Waals surface area contributed by atoms with E-state index >= 15 is 0 Å². The van der Waals surface area contributed by atoms with Crippen LogP contribution in [0.4, 0.5) is 11.4 Å². The van der Waals surface area contributed by atoms with Crippen molar-refractivity contribution in [1.82, 2.24) is 0 Å². The summed E-state index contributed by atoms with van der Waals surface area (Å²) >= 11 is 13.3. The number of rotatable bonds is 2. The molecular weight excluding hydrogens is 499 g/mol. The van der Waals surface area contributed by atoms with E-state index in [-0.39, 0.29) is 0 Å². The van der Waals surface area contributed by atoms with Crippen LogP contribution in [0.25, 0.3) is 0 Å². The van der Waals surface area contributed by atoms with Gasteiger partial charge in [-0.15, -0.1) is 0 Å². The Bertz CT molecular complexity index is 1350. The lowest BCUT2D eigenvalue weighted by molar-refractivity contribution is 0.122. The number of nitrogens with zero attached hydrogens (tertiary/aromatic N) is 6. The summed E-state index contributed by atoms with van der Waals surface area (Å²) in [5.74, 6) is 0. The van der Waals surface area contributed by atoms with Crippen molar-refractivity contribution >= 4 is 34.6 Å². The molecule has 0 N–H and O–H groups in total. The molecule has 0 radical (unpaired) electrons. The maximum atomic E-state index is 6.66. The first-order chi connectivity index (χ1) is 17.5. The molecule has 4 aliphatic heterocycles. The van der Waals surface area contributed by atoms with Crippen molar-refractivity contribution in [3.05, 3.63) is 55.7 Å². The van der Waals surface area contributed by atoms with Crippen LogP contribution in [0.1, 0.15) is 25.7 Å². The predicted octanol–water partition coefficient (Wildman–Crippen LogP) is 1.84. The number of ether oxygens (including phenoxy) is 2. The number of fused-ring (bicyclic) bond motifs is 2. The average Bonchev–Trinajstić information content (AvgIpc) is 3.43. The molecule has 1 aliphatic carbocycles. The Balaban J connectivity index is 1.15. The van der Waals surface area contributed by atoms with Crippen LogP contribution in [0, 0.1) is 0 Å². The fourth-order valence-electron chi connectivity index (χ4n) is 5.98. The molecule has 2 aromatic rings. The van der Waals surface area contributed by atoms with E-state index in [4.69, 9.17) is 52.6 Å². The second-order valence-electron chi connectivity index (χ2n) is 10.2. The van der Waals surface area contributed by atoms with Crippen LogP contribution in [0.15, 0.2) is 44.2 Å². The van der Waals surface area contributed by atoms with Gasteiger partial charge in [0, 0.05) is 26.2 Å². The second-order valence-corrected chi connectivity index (χ2v) is 11.0. The summed E-state index contributed by atoms with van der Waals surface area (Å²) in [7, 11) is 0. The molecule has 3 fully saturated rings. The highest BCUT2D eigenvalue weighted by Gasteiger charge is 2.45. The molecule has 7 rings (SSSR count). The molecule has 0 amide bonds. The second kappa shape index (κ2) is 8.65. The Morgan fingerprint density at radius 1 is 0.556 bits per heavy atom. The van der Waals surface area contributed by atoms with Crippen molar-refractivity contribution in [3.8, 4) is 0 Å². The van der Waals surface area contributed by atoms with Crippen LogP contribution in [0.5, 0.6) is 0 Å². The van der Waals surface area contributed by atoms with Crippen molar-refractivity contribution in [2.24, 2.45) is 20.0 Å². The van der Waals surface area contributed by atoms with Gasteiger partial charge in [-0.2, -0.15) is 0 Å². The molecule has 188 valence electrons. The lowest BCUT2D eigenvalue weighted by Gasteiger charge is -2.36. The Morgan fingerprint density at radius 2 is 0.889 bits per heavy atom. The van der Waals surface area contributed by atoms with Crippen LogP contribution >= 0.6 is 23.2 Å². The molecule has 10 heteroatoms. The number of morpholine rings is 2. The van der Waals surface area contributed by atoms with Gasteiger partial charge < -0.3 is 19.3 Å². The zero-order chi connectivity index (χ0) is 24.3. The maximum absolute atomic E-state index is 6.66. The quantitative estimate of drug-likeness (QED) is 0.598. The lowest BCUT2D eigenvalue weighted by Crippen LogP contribution is -2.38. The molecule has 2 saturated heterocycles. The zero-order valence-corrected chi connectivity index (χ0v) is 21.6. The minimum Gasteiger partial charge on any atom is -0.378 e. The number of hydrogen-bond donors (Lipinski definition) is 0. The van der Waals surface area contributed by atoms with Gasteiger partial charge in [-0.25, -0.2) is 0 Å². The number of hydrogen-bond acceptors (Lipinski definition) is 8. The van der Waals surface area contributed by atoms with Crippen molar-refractivity contribution in [2.45, 2.75) is 37.0 Å². The van der Waals surface area contributed by atoms with E-state index in [9.17, 15) is 0 Å². The molecular formula is C26H28Cl2N6O2. The normalized spacial score (nSPS) is 28.8. The van der Waals surface area contributed by atoms with E-state index < -0.39 is 11.3 Å². The molecule has 8 nitrogen and oxygen atoms in total. The summed E-state index contributed by atoms with van der Waals surface area (Å²) < 4.78 is 11.0. The molecule has 5 aliphatic rings. The topological polar surface area (TPSA) is 74.4 Å². The Hall–Kier alpha value is -2.26. The Morgan fingerprint density at radius 3 is 1.25 bits per heavy atom. The van der Waals surface area contributed by atoms with E-state index in [0.717, 1.165) is 121 Å². The van der Waals surface area contributed by atoms with Gasteiger partial charge in [0.05, 0.1) is 69.3 Å². The Kier molecular flexibility index (Phi) is 5.50. The highest BCUT2D eigenvalue weighted by Crippen LogP contribution is 2.42. The van der Waals surface area contributed by atoms with Gasteiger partial charge in [0.15, 0.2) is 11.3 Å². The van der Waals surface area contributed by atoms with Crippen molar-refractivity contribution in [1.29, 1.82) is 0 Å².